The Balaban J connectivity index is 1.98. The highest BCUT2D eigenvalue weighted by molar-refractivity contribution is 6.06. The number of carbonyl (C=O) groups is 3. The van der Waals surface area contributed by atoms with Crippen molar-refractivity contribution in [2.24, 2.45) is 0 Å². The molecule has 0 saturated carbocycles. The number of rotatable bonds is 9. The number of carbonyl (C=O) groups excluding carboxylic acids is 3. The largest absolute Gasteiger partial charge is 0.465 e. The number of hydrogen-bond acceptors (Lipinski definition) is 6. The molecular weight excluding hydrogens is 444 g/mol. The minimum Gasteiger partial charge on any atom is -0.465 e. The van der Waals surface area contributed by atoms with E-state index in [2.05, 4.69) is 0 Å². The van der Waals surface area contributed by atoms with Crippen LogP contribution in [0.3, 0.4) is 0 Å². The number of amides is 1. The summed E-state index contributed by atoms with van der Waals surface area (Å²) in [4.78, 5) is 39.4. The third kappa shape index (κ3) is 5.87. The number of unbranched alkanes of at least 4 members (excludes halogenated alkanes) is 1. The van der Waals surface area contributed by atoms with Crippen LogP contribution in [0, 0.1) is 0 Å². The van der Waals surface area contributed by atoms with Crippen LogP contribution < -0.4 is 10.6 Å². The summed E-state index contributed by atoms with van der Waals surface area (Å²) >= 11 is 0. The average Bonchev–Trinajstić information content (AvgIpc) is 2.90. The predicted octanol–water partition coefficient (Wildman–Crippen LogP) is 5.23. The molecule has 0 aliphatic heterocycles. The van der Waals surface area contributed by atoms with E-state index in [0.29, 0.717) is 23.4 Å². The van der Waals surface area contributed by atoms with Gasteiger partial charge >= 0.3 is 11.9 Å². The summed E-state index contributed by atoms with van der Waals surface area (Å²) in [6.07, 6.45) is 1.91. The Kier molecular flexibility index (Phi) is 8.62. The number of benzene rings is 3. The molecule has 35 heavy (non-hydrogen) atoms. The molecule has 0 unspecified atom stereocenters. The van der Waals surface area contributed by atoms with E-state index in [0.717, 1.165) is 29.5 Å². The Hall–Kier alpha value is -4.13. The first kappa shape index (κ1) is 25.5. The van der Waals surface area contributed by atoms with E-state index in [1.165, 1.54) is 14.2 Å². The van der Waals surface area contributed by atoms with Crippen molar-refractivity contribution < 1.29 is 23.9 Å². The summed E-state index contributed by atoms with van der Waals surface area (Å²) in [7, 11) is 2.65. The fourth-order valence-electron chi connectivity index (χ4n) is 3.89. The molecule has 0 saturated heterocycles. The summed E-state index contributed by atoms with van der Waals surface area (Å²) in [5.74, 6) is -1.10. The highest BCUT2D eigenvalue weighted by Gasteiger charge is 2.25. The van der Waals surface area contributed by atoms with Crippen LogP contribution in [-0.4, -0.2) is 32.1 Å². The Morgan fingerprint density at radius 3 is 2.11 bits per heavy atom. The van der Waals surface area contributed by atoms with Gasteiger partial charge in [0.1, 0.15) is 0 Å². The predicted molar refractivity (Wildman–Crippen MR) is 136 cm³/mol. The zero-order valence-electron chi connectivity index (χ0n) is 20.2. The molecule has 0 radical (unpaired) electrons. The second-order valence-electron chi connectivity index (χ2n) is 8.05. The molecule has 0 bridgehead atoms. The maximum Gasteiger partial charge on any atom is 0.340 e. The summed E-state index contributed by atoms with van der Waals surface area (Å²) in [6.45, 7) is 2.24. The number of methoxy groups -OCH3 is 2. The van der Waals surface area contributed by atoms with Gasteiger partial charge in [0.2, 0.25) is 5.91 Å². The van der Waals surface area contributed by atoms with Gasteiger partial charge in [-0.05, 0) is 41.3 Å². The normalized spacial score (nSPS) is 10.5. The first-order chi connectivity index (χ1) is 16.9. The second-order valence-corrected chi connectivity index (χ2v) is 8.05. The van der Waals surface area contributed by atoms with Crippen LogP contribution in [0.15, 0.2) is 66.7 Å². The van der Waals surface area contributed by atoms with E-state index < -0.39 is 11.9 Å². The Morgan fingerprint density at radius 2 is 1.46 bits per heavy atom. The number of esters is 2. The molecule has 7 heteroatoms. The van der Waals surface area contributed by atoms with E-state index >= 15 is 0 Å². The van der Waals surface area contributed by atoms with Gasteiger partial charge in [0, 0.05) is 6.42 Å². The quantitative estimate of drug-likeness (QED) is 0.337. The highest BCUT2D eigenvalue weighted by atomic mass is 16.5. The van der Waals surface area contributed by atoms with Crippen LogP contribution in [0.1, 0.15) is 52.5 Å². The van der Waals surface area contributed by atoms with Gasteiger partial charge in [-0.25, -0.2) is 9.59 Å². The minimum atomic E-state index is -0.560. The molecular formula is C28H30N2O5. The lowest BCUT2D eigenvalue weighted by Crippen LogP contribution is -2.32. The molecule has 3 aromatic carbocycles. The number of nitrogens with zero attached hydrogens (tertiary/aromatic N) is 1. The SMILES string of the molecule is CCCCC(=O)N(Cc1ccc(-c2ccccc2C(=O)OC)cc1)c1c(N)cccc1C(=O)OC. The zero-order valence-corrected chi connectivity index (χ0v) is 20.2. The molecule has 0 spiro atoms. The zero-order chi connectivity index (χ0) is 25.4. The van der Waals surface area contributed by atoms with Crippen LogP contribution in [-0.2, 0) is 20.8 Å². The van der Waals surface area contributed by atoms with Crippen molar-refractivity contribution in [2.75, 3.05) is 24.9 Å². The van der Waals surface area contributed by atoms with Crippen LogP contribution in [0.5, 0.6) is 0 Å². The maximum absolute atomic E-state index is 13.2. The fraction of sp³-hybridized carbons (Fsp3) is 0.250. The van der Waals surface area contributed by atoms with Crippen molar-refractivity contribution >= 4 is 29.2 Å². The molecule has 0 aromatic heterocycles. The topological polar surface area (TPSA) is 98.9 Å². The molecule has 2 N–H and O–H groups in total. The first-order valence-electron chi connectivity index (χ1n) is 11.4. The molecule has 0 aliphatic carbocycles. The maximum atomic E-state index is 13.2. The van der Waals surface area contributed by atoms with Crippen molar-refractivity contribution in [2.45, 2.75) is 32.7 Å². The molecule has 1 amide bonds. The smallest absolute Gasteiger partial charge is 0.340 e. The fourth-order valence-corrected chi connectivity index (χ4v) is 3.89. The summed E-state index contributed by atoms with van der Waals surface area (Å²) < 4.78 is 9.83. The summed E-state index contributed by atoms with van der Waals surface area (Å²) in [6, 6.07) is 19.7. The van der Waals surface area contributed by atoms with Crippen LogP contribution in [0.25, 0.3) is 11.1 Å². The first-order valence-corrected chi connectivity index (χ1v) is 11.4. The summed E-state index contributed by atoms with van der Waals surface area (Å²) in [5.41, 5.74) is 10.1. The number of nitrogen functional groups attached to an aromatic ring is 1. The van der Waals surface area contributed by atoms with Crippen LogP contribution in [0.4, 0.5) is 11.4 Å². The number of para-hydroxylation sites is 1. The number of anilines is 2. The molecule has 3 aromatic rings. The van der Waals surface area contributed by atoms with Crippen molar-refractivity contribution in [3.8, 4) is 11.1 Å². The average molecular weight is 475 g/mol. The van der Waals surface area contributed by atoms with Gasteiger partial charge in [0.15, 0.2) is 0 Å². The number of nitrogens with two attached hydrogens (primary N) is 1. The lowest BCUT2D eigenvalue weighted by Gasteiger charge is -2.26. The standard InChI is InChI=1S/C28H30N2O5/c1-4-5-13-25(31)30(26-23(28(33)35-3)11-8-12-24(26)29)18-19-14-16-20(17-15-19)21-9-6-7-10-22(21)27(32)34-2/h6-12,14-17H,4-5,13,18,29H2,1-3H3. The molecule has 0 heterocycles. The lowest BCUT2D eigenvalue weighted by molar-refractivity contribution is -0.118. The Labute approximate surface area is 205 Å². The second kappa shape index (κ2) is 11.8. The third-order valence-corrected chi connectivity index (χ3v) is 5.73. The van der Waals surface area contributed by atoms with Gasteiger partial charge in [-0.3, -0.25) is 4.79 Å². The highest BCUT2D eigenvalue weighted by Crippen LogP contribution is 2.32. The Bertz CT molecular complexity index is 1200. The van der Waals surface area contributed by atoms with E-state index in [9.17, 15) is 14.4 Å². The lowest BCUT2D eigenvalue weighted by atomic mass is 9.98. The summed E-state index contributed by atoms with van der Waals surface area (Å²) in [5, 5.41) is 0. The molecule has 3 rings (SSSR count). The number of ether oxygens (including phenoxy) is 2. The molecule has 0 atom stereocenters. The van der Waals surface area contributed by atoms with E-state index in [-0.39, 0.29) is 18.0 Å². The Morgan fingerprint density at radius 1 is 0.829 bits per heavy atom. The van der Waals surface area contributed by atoms with Crippen molar-refractivity contribution in [3.05, 3.63) is 83.4 Å². The van der Waals surface area contributed by atoms with Gasteiger partial charge < -0.3 is 20.1 Å². The minimum absolute atomic E-state index is 0.130. The number of hydrogen-bond donors (Lipinski definition) is 1. The van der Waals surface area contributed by atoms with Gasteiger partial charge in [-0.1, -0.05) is 61.9 Å². The van der Waals surface area contributed by atoms with E-state index in [1.54, 1.807) is 35.2 Å². The molecule has 7 nitrogen and oxygen atoms in total. The molecule has 0 aliphatic rings. The van der Waals surface area contributed by atoms with Crippen molar-refractivity contribution in [1.82, 2.24) is 0 Å². The monoisotopic (exact) mass is 474 g/mol. The van der Waals surface area contributed by atoms with Gasteiger partial charge in [0.25, 0.3) is 0 Å². The van der Waals surface area contributed by atoms with E-state index in [4.69, 9.17) is 15.2 Å². The van der Waals surface area contributed by atoms with Gasteiger partial charge in [0.05, 0.1) is 43.3 Å². The third-order valence-electron chi connectivity index (χ3n) is 5.73. The molecule has 0 fully saturated rings. The van der Waals surface area contributed by atoms with E-state index in [1.807, 2.05) is 43.3 Å². The van der Waals surface area contributed by atoms with Crippen molar-refractivity contribution in [3.63, 3.8) is 0 Å². The van der Waals surface area contributed by atoms with Crippen LogP contribution in [0.2, 0.25) is 0 Å². The van der Waals surface area contributed by atoms with Crippen molar-refractivity contribution in [1.29, 1.82) is 0 Å². The van der Waals surface area contributed by atoms with Crippen LogP contribution >= 0.6 is 0 Å². The molecule has 182 valence electrons. The van der Waals surface area contributed by atoms with Gasteiger partial charge in [-0.15, -0.1) is 0 Å². The van der Waals surface area contributed by atoms with Gasteiger partial charge in [-0.2, -0.15) is 0 Å².